The van der Waals surface area contributed by atoms with Crippen molar-refractivity contribution in [2.45, 2.75) is 33.2 Å². The normalized spacial score (nSPS) is 10.6. The third-order valence-corrected chi connectivity index (χ3v) is 4.25. The number of benzene rings is 1. The van der Waals surface area contributed by atoms with E-state index in [1.165, 1.54) is 10.7 Å². The smallest absolute Gasteiger partial charge is 0.266 e. The standard InChI is InChI=1S/C21H22N4O2/c1-15-7-8-18(16(2)13-15)23-20(26)6-4-12-25-21(27)10-9-19(24-25)17-5-3-11-22-14-17/h3,5,7-11,13-14H,4,6,12H2,1-2H3,(H,23,26). The zero-order valence-corrected chi connectivity index (χ0v) is 15.5. The van der Waals surface area contributed by atoms with Crippen LogP contribution in [0.15, 0.2) is 59.7 Å². The first-order chi connectivity index (χ1) is 13.0. The van der Waals surface area contributed by atoms with Gasteiger partial charge in [-0.3, -0.25) is 14.6 Å². The molecule has 6 heteroatoms. The Labute approximate surface area is 157 Å². The molecule has 3 aromatic rings. The van der Waals surface area contributed by atoms with Crippen LogP contribution < -0.4 is 10.9 Å². The van der Waals surface area contributed by atoms with E-state index in [0.717, 1.165) is 22.4 Å². The van der Waals surface area contributed by atoms with E-state index in [4.69, 9.17) is 0 Å². The Morgan fingerprint density at radius 3 is 2.74 bits per heavy atom. The summed E-state index contributed by atoms with van der Waals surface area (Å²) in [6.07, 6.45) is 4.24. The number of aromatic nitrogens is 3. The van der Waals surface area contributed by atoms with Crippen LogP contribution in [0.5, 0.6) is 0 Å². The van der Waals surface area contributed by atoms with Crippen LogP contribution in [0.1, 0.15) is 24.0 Å². The molecule has 2 heterocycles. The lowest BCUT2D eigenvalue weighted by atomic mass is 10.1. The summed E-state index contributed by atoms with van der Waals surface area (Å²) in [4.78, 5) is 28.3. The number of hydrogen-bond acceptors (Lipinski definition) is 4. The van der Waals surface area contributed by atoms with Crippen molar-refractivity contribution in [2.75, 3.05) is 5.32 Å². The van der Waals surface area contributed by atoms with E-state index in [9.17, 15) is 9.59 Å². The molecule has 6 nitrogen and oxygen atoms in total. The van der Waals surface area contributed by atoms with Crippen LogP contribution in [0.4, 0.5) is 5.69 Å². The molecule has 0 unspecified atom stereocenters. The summed E-state index contributed by atoms with van der Waals surface area (Å²) in [5.74, 6) is -0.0709. The lowest BCUT2D eigenvalue weighted by Crippen LogP contribution is -2.23. The summed E-state index contributed by atoms with van der Waals surface area (Å²) >= 11 is 0. The molecule has 0 atom stereocenters. The molecule has 0 aliphatic carbocycles. The number of hydrogen-bond donors (Lipinski definition) is 1. The molecule has 2 aromatic heterocycles. The third-order valence-electron chi connectivity index (χ3n) is 4.25. The van der Waals surface area contributed by atoms with Crippen molar-refractivity contribution in [3.63, 3.8) is 0 Å². The van der Waals surface area contributed by atoms with Crippen molar-refractivity contribution in [3.8, 4) is 11.3 Å². The molecule has 1 N–H and O–H groups in total. The van der Waals surface area contributed by atoms with Crippen LogP contribution >= 0.6 is 0 Å². The Bertz CT molecular complexity index is 997. The van der Waals surface area contributed by atoms with Gasteiger partial charge in [0.2, 0.25) is 5.91 Å². The molecule has 0 bridgehead atoms. The van der Waals surface area contributed by atoms with Gasteiger partial charge in [0, 0.05) is 42.7 Å². The molecule has 138 valence electrons. The number of anilines is 1. The number of amides is 1. The highest BCUT2D eigenvalue weighted by molar-refractivity contribution is 5.91. The first-order valence-electron chi connectivity index (χ1n) is 8.88. The molecule has 0 aliphatic rings. The second-order valence-electron chi connectivity index (χ2n) is 6.49. The molecule has 0 aliphatic heterocycles. The largest absolute Gasteiger partial charge is 0.326 e. The molecule has 1 aromatic carbocycles. The van der Waals surface area contributed by atoms with E-state index < -0.39 is 0 Å². The number of nitrogens with one attached hydrogen (secondary N) is 1. The molecule has 0 saturated carbocycles. The van der Waals surface area contributed by atoms with Gasteiger partial charge in [-0.15, -0.1) is 0 Å². The van der Waals surface area contributed by atoms with Gasteiger partial charge >= 0.3 is 0 Å². The van der Waals surface area contributed by atoms with Gasteiger partial charge in [0.25, 0.3) is 5.56 Å². The van der Waals surface area contributed by atoms with Gasteiger partial charge in [-0.25, -0.2) is 4.68 Å². The summed E-state index contributed by atoms with van der Waals surface area (Å²) in [7, 11) is 0. The van der Waals surface area contributed by atoms with Crippen LogP contribution in [-0.4, -0.2) is 20.7 Å². The molecule has 0 radical (unpaired) electrons. The van der Waals surface area contributed by atoms with Gasteiger partial charge in [0.15, 0.2) is 0 Å². The molecular formula is C21H22N4O2. The van der Waals surface area contributed by atoms with Gasteiger partial charge in [0.1, 0.15) is 0 Å². The van der Waals surface area contributed by atoms with E-state index in [-0.39, 0.29) is 11.5 Å². The maximum absolute atomic E-state index is 12.2. The molecule has 1 amide bonds. The first kappa shape index (κ1) is 18.5. The molecule has 0 spiro atoms. The van der Waals surface area contributed by atoms with Crippen molar-refractivity contribution < 1.29 is 4.79 Å². The molecule has 0 fully saturated rings. The summed E-state index contributed by atoms with van der Waals surface area (Å²) in [5.41, 5.74) is 4.35. The highest BCUT2D eigenvalue weighted by Crippen LogP contribution is 2.16. The molecule has 3 rings (SSSR count). The second kappa shape index (κ2) is 8.40. The lowest BCUT2D eigenvalue weighted by molar-refractivity contribution is -0.116. The van der Waals surface area contributed by atoms with Crippen molar-refractivity contribution in [1.29, 1.82) is 0 Å². The van der Waals surface area contributed by atoms with Crippen LogP contribution in [0.25, 0.3) is 11.3 Å². The average molecular weight is 362 g/mol. The fraction of sp³-hybridized carbons (Fsp3) is 0.238. The second-order valence-corrected chi connectivity index (χ2v) is 6.49. The highest BCUT2D eigenvalue weighted by Gasteiger charge is 2.07. The van der Waals surface area contributed by atoms with E-state index in [1.54, 1.807) is 18.5 Å². The van der Waals surface area contributed by atoms with E-state index >= 15 is 0 Å². The minimum absolute atomic E-state index is 0.0709. The Morgan fingerprint density at radius 1 is 1.15 bits per heavy atom. The van der Waals surface area contributed by atoms with Crippen LogP contribution in [-0.2, 0) is 11.3 Å². The predicted molar refractivity (Wildman–Crippen MR) is 106 cm³/mol. The fourth-order valence-electron chi connectivity index (χ4n) is 2.83. The summed E-state index contributed by atoms with van der Waals surface area (Å²) in [6.45, 7) is 4.37. The fourth-order valence-corrected chi connectivity index (χ4v) is 2.83. The number of rotatable bonds is 6. The summed E-state index contributed by atoms with van der Waals surface area (Å²) in [5, 5.41) is 7.30. The number of carbonyl (C=O) groups excluding carboxylic acids is 1. The van der Waals surface area contributed by atoms with Gasteiger partial charge in [-0.1, -0.05) is 17.7 Å². The van der Waals surface area contributed by atoms with E-state index in [2.05, 4.69) is 15.4 Å². The zero-order chi connectivity index (χ0) is 19.2. The van der Waals surface area contributed by atoms with Crippen LogP contribution in [0.3, 0.4) is 0 Å². The third kappa shape index (κ3) is 4.88. The monoisotopic (exact) mass is 362 g/mol. The van der Waals surface area contributed by atoms with E-state index in [0.29, 0.717) is 25.1 Å². The van der Waals surface area contributed by atoms with Gasteiger partial charge in [-0.05, 0) is 50.1 Å². The lowest BCUT2D eigenvalue weighted by Gasteiger charge is -2.10. The zero-order valence-electron chi connectivity index (χ0n) is 15.5. The number of nitrogens with zero attached hydrogens (tertiary/aromatic N) is 3. The minimum atomic E-state index is -0.183. The minimum Gasteiger partial charge on any atom is -0.326 e. The Kier molecular flexibility index (Phi) is 5.76. The molecule has 0 saturated heterocycles. The van der Waals surface area contributed by atoms with E-state index in [1.807, 2.05) is 44.2 Å². The van der Waals surface area contributed by atoms with Crippen molar-refractivity contribution in [3.05, 3.63) is 76.3 Å². The predicted octanol–water partition coefficient (Wildman–Crippen LogP) is 3.34. The van der Waals surface area contributed by atoms with Gasteiger partial charge in [0.05, 0.1) is 5.69 Å². The van der Waals surface area contributed by atoms with Crippen LogP contribution in [0, 0.1) is 13.8 Å². The topological polar surface area (TPSA) is 76.9 Å². The van der Waals surface area contributed by atoms with Crippen molar-refractivity contribution in [2.24, 2.45) is 0 Å². The summed E-state index contributed by atoms with van der Waals surface area (Å²) < 4.78 is 1.40. The summed E-state index contributed by atoms with van der Waals surface area (Å²) in [6, 6.07) is 12.8. The quantitative estimate of drug-likeness (QED) is 0.730. The molecular weight excluding hydrogens is 340 g/mol. The number of carbonyl (C=O) groups is 1. The van der Waals surface area contributed by atoms with Crippen LogP contribution in [0.2, 0.25) is 0 Å². The van der Waals surface area contributed by atoms with Crippen molar-refractivity contribution in [1.82, 2.24) is 14.8 Å². The average Bonchev–Trinajstić information content (AvgIpc) is 2.66. The van der Waals surface area contributed by atoms with Crippen molar-refractivity contribution >= 4 is 11.6 Å². The number of aryl methyl sites for hydroxylation is 3. The van der Waals surface area contributed by atoms with Gasteiger partial charge in [-0.2, -0.15) is 5.10 Å². The number of pyridine rings is 1. The Hall–Kier alpha value is -3.28. The SMILES string of the molecule is Cc1ccc(NC(=O)CCCn2nc(-c3cccnc3)ccc2=O)c(C)c1. The maximum atomic E-state index is 12.2. The maximum Gasteiger partial charge on any atom is 0.266 e. The highest BCUT2D eigenvalue weighted by atomic mass is 16.1. The Morgan fingerprint density at radius 2 is 2.00 bits per heavy atom. The van der Waals surface area contributed by atoms with Gasteiger partial charge < -0.3 is 5.32 Å². The Balaban J connectivity index is 1.60. The molecule has 27 heavy (non-hydrogen) atoms. The first-order valence-corrected chi connectivity index (χ1v) is 8.88.